The van der Waals surface area contributed by atoms with Crippen molar-refractivity contribution in [3.05, 3.63) is 0 Å². The zero-order valence-corrected chi connectivity index (χ0v) is 12.7. The van der Waals surface area contributed by atoms with Gasteiger partial charge in [0.25, 0.3) is 0 Å². The highest BCUT2D eigenvalue weighted by Gasteiger charge is 2.21. The highest BCUT2D eigenvalue weighted by molar-refractivity contribution is 7.80. The number of thiol groups is 2. The van der Waals surface area contributed by atoms with Crippen LogP contribution in [0.15, 0.2) is 0 Å². The van der Waals surface area contributed by atoms with E-state index in [-0.39, 0.29) is 18.6 Å². The van der Waals surface area contributed by atoms with Gasteiger partial charge in [0, 0.05) is 12.2 Å². The number of hydrogen-bond acceptors (Lipinski definition) is 7. The van der Waals surface area contributed by atoms with E-state index in [0.29, 0.717) is 0 Å². The Kier molecular flexibility index (Phi) is 9.58. The van der Waals surface area contributed by atoms with Crippen molar-refractivity contribution in [3.8, 4) is 0 Å². The lowest BCUT2D eigenvalue weighted by Crippen LogP contribution is -2.49. The number of aliphatic carboxylic acids is 2. The summed E-state index contributed by atoms with van der Waals surface area (Å²) in [5.74, 6) is -3.61. The molecular weight excluding hydrogens is 322 g/mol. The second kappa shape index (κ2) is 10.3. The molecule has 2 amide bonds. The summed E-state index contributed by atoms with van der Waals surface area (Å²) in [4.78, 5) is 44.2. The van der Waals surface area contributed by atoms with Crippen molar-refractivity contribution in [2.75, 3.05) is 12.3 Å². The molecule has 0 heterocycles. The molecule has 0 spiro atoms. The van der Waals surface area contributed by atoms with Crippen LogP contribution in [0.25, 0.3) is 0 Å². The second-order valence-electron chi connectivity index (χ2n) is 3.97. The topological polar surface area (TPSA) is 145 Å². The van der Waals surface area contributed by atoms with E-state index in [9.17, 15) is 19.2 Å². The summed E-state index contributed by atoms with van der Waals surface area (Å²) in [5.41, 5.74) is 0. The molecular formula is C10H17N3O6S2. The molecule has 0 rings (SSSR count). The van der Waals surface area contributed by atoms with Gasteiger partial charge >= 0.3 is 11.9 Å². The molecule has 0 aliphatic carbocycles. The van der Waals surface area contributed by atoms with Crippen molar-refractivity contribution in [2.45, 2.75) is 24.9 Å². The van der Waals surface area contributed by atoms with Crippen LogP contribution in [0.3, 0.4) is 0 Å². The lowest BCUT2D eigenvalue weighted by atomic mass is 10.1. The molecule has 0 saturated carbocycles. The molecule has 0 radical (unpaired) electrons. The maximum Gasteiger partial charge on any atom is 0.322 e. The second-order valence-corrected chi connectivity index (χ2v) is 4.60. The van der Waals surface area contributed by atoms with Gasteiger partial charge in [-0.3, -0.25) is 23.9 Å². The van der Waals surface area contributed by atoms with Gasteiger partial charge < -0.3 is 20.8 Å². The largest absolute Gasteiger partial charge is 0.480 e. The first kappa shape index (κ1) is 19.5. The van der Waals surface area contributed by atoms with Crippen LogP contribution in [0.2, 0.25) is 0 Å². The minimum absolute atomic E-state index is 0.0132. The molecule has 2 atom stereocenters. The van der Waals surface area contributed by atoms with E-state index >= 15 is 0 Å². The van der Waals surface area contributed by atoms with Crippen LogP contribution in [0.1, 0.15) is 12.8 Å². The number of nitrogens with one attached hydrogen (secondary N) is 3. The third-order valence-corrected chi connectivity index (χ3v) is 3.04. The summed E-state index contributed by atoms with van der Waals surface area (Å²) in [6, 6.07) is -1.98. The standard InChI is InChI=1S/C10H17N3O6S2/c14-7(2-1-5(13-21)10(18)19)12-6(4-20)9(17)11-3-8(15)16/h5-6,13,20-21H,1-4H2,(H,11,17)(H,12,14)(H,15,16)(H,18,19). The van der Waals surface area contributed by atoms with Crippen molar-refractivity contribution in [1.82, 2.24) is 15.4 Å². The molecule has 120 valence electrons. The fourth-order valence-electron chi connectivity index (χ4n) is 1.27. The average Bonchev–Trinajstić information content (AvgIpc) is 2.42. The lowest BCUT2D eigenvalue weighted by molar-refractivity contribution is -0.139. The monoisotopic (exact) mass is 339 g/mol. The van der Waals surface area contributed by atoms with Crippen LogP contribution >= 0.6 is 25.4 Å². The van der Waals surface area contributed by atoms with Crippen molar-refractivity contribution >= 4 is 49.2 Å². The number of hydrogen-bond donors (Lipinski definition) is 7. The van der Waals surface area contributed by atoms with E-state index in [4.69, 9.17) is 10.2 Å². The van der Waals surface area contributed by atoms with Crippen LogP contribution in [0.4, 0.5) is 0 Å². The Morgan fingerprint density at radius 3 is 2.14 bits per heavy atom. The first-order chi connectivity index (χ1) is 9.81. The third-order valence-electron chi connectivity index (χ3n) is 2.36. The molecule has 21 heavy (non-hydrogen) atoms. The summed E-state index contributed by atoms with van der Waals surface area (Å²) in [5, 5.41) is 21.6. The van der Waals surface area contributed by atoms with Crippen LogP contribution < -0.4 is 15.4 Å². The zero-order chi connectivity index (χ0) is 16.4. The van der Waals surface area contributed by atoms with E-state index in [1.54, 1.807) is 0 Å². The normalized spacial score (nSPS) is 13.0. The summed E-state index contributed by atoms with van der Waals surface area (Å²) >= 11 is 7.52. The van der Waals surface area contributed by atoms with Gasteiger partial charge in [0.2, 0.25) is 11.8 Å². The molecule has 0 aromatic carbocycles. The third kappa shape index (κ3) is 8.42. The number of carbonyl (C=O) groups excluding carboxylic acids is 2. The maximum atomic E-state index is 11.6. The molecule has 11 heteroatoms. The Bertz CT molecular complexity index is 406. The number of carboxylic acids is 2. The number of carboxylic acid groups (broad SMARTS) is 2. The highest BCUT2D eigenvalue weighted by Crippen LogP contribution is 2.00. The molecule has 0 aliphatic heterocycles. The van der Waals surface area contributed by atoms with Crippen LogP contribution in [-0.2, 0) is 19.2 Å². The van der Waals surface area contributed by atoms with Gasteiger partial charge in [0.1, 0.15) is 18.6 Å². The Hall–Kier alpha value is -1.46. The van der Waals surface area contributed by atoms with E-state index in [2.05, 4.69) is 40.8 Å². The Labute approximate surface area is 131 Å². The van der Waals surface area contributed by atoms with E-state index < -0.39 is 42.4 Å². The summed E-state index contributed by atoms with van der Waals surface area (Å²) in [6.45, 7) is -0.566. The van der Waals surface area contributed by atoms with Gasteiger partial charge in [-0.15, -0.1) is 0 Å². The fraction of sp³-hybridized carbons (Fsp3) is 0.600. The predicted octanol–water partition coefficient (Wildman–Crippen LogP) is -1.73. The summed E-state index contributed by atoms with van der Waals surface area (Å²) in [6.07, 6.45) is -0.151. The highest BCUT2D eigenvalue weighted by atomic mass is 32.1. The van der Waals surface area contributed by atoms with E-state index in [1.807, 2.05) is 0 Å². The van der Waals surface area contributed by atoms with Crippen molar-refractivity contribution < 1.29 is 29.4 Å². The van der Waals surface area contributed by atoms with E-state index in [1.165, 1.54) is 0 Å². The van der Waals surface area contributed by atoms with Crippen molar-refractivity contribution in [3.63, 3.8) is 0 Å². The first-order valence-electron chi connectivity index (χ1n) is 5.84. The number of carbonyl (C=O) groups is 4. The number of rotatable bonds is 10. The van der Waals surface area contributed by atoms with Crippen LogP contribution in [0, 0.1) is 0 Å². The molecule has 9 nitrogen and oxygen atoms in total. The molecule has 0 bridgehead atoms. The minimum Gasteiger partial charge on any atom is -0.480 e. The van der Waals surface area contributed by atoms with Crippen molar-refractivity contribution in [2.24, 2.45) is 0 Å². The minimum atomic E-state index is -1.21. The molecule has 0 aliphatic rings. The van der Waals surface area contributed by atoms with Crippen LogP contribution in [0.5, 0.6) is 0 Å². The van der Waals surface area contributed by atoms with Gasteiger partial charge in [0.05, 0.1) is 0 Å². The molecule has 0 aromatic heterocycles. The van der Waals surface area contributed by atoms with Gasteiger partial charge in [-0.25, -0.2) is 0 Å². The smallest absolute Gasteiger partial charge is 0.322 e. The zero-order valence-electron chi connectivity index (χ0n) is 10.9. The average molecular weight is 339 g/mol. The molecule has 0 fully saturated rings. The molecule has 2 unspecified atom stereocenters. The van der Waals surface area contributed by atoms with Gasteiger partial charge in [-0.05, 0) is 6.42 Å². The number of amides is 2. The summed E-state index contributed by atoms with van der Waals surface area (Å²) < 4.78 is 2.23. The van der Waals surface area contributed by atoms with E-state index in [0.717, 1.165) is 0 Å². The lowest BCUT2D eigenvalue weighted by Gasteiger charge is -2.16. The fourth-order valence-corrected chi connectivity index (χ4v) is 1.76. The quantitative estimate of drug-likeness (QED) is 0.234. The Morgan fingerprint density at radius 1 is 1.10 bits per heavy atom. The molecule has 0 saturated heterocycles. The summed E-state index contributed by atoms with van der Waals surface area (Å²) in [7, 11) is 0. The van der Waals surface area contributed by atoms with Crippen LogP contribution in [-0.4, -0.2) is 58.3 Å². The Morgan fingerprint density at radius 2 is 1.71 bits per heavy atom. The SMILES string of the molecule is O=C(O)CNC(=O)C(CS)NC(=O)CCC(NS)C(=O)O. The first-order valence-corrected chi connectivity index (χ1v) is 6.92. The predicted molar refractivity (Wildman–Crippen MR) is 79.2 cm³/mol. The van der Waals surface area contributed by atoms with Gasteiger partial charge in [-0.1, -0.05) is 12.8 Å². The van der Waals surface area contributed by atoms with Crippen molar-refractivity contribution in [1.29, 1.82) is 0 Å². The van der Waals surface area contributed by atoms with Gasteiger partial charge in [0.15, 0.2) is 0 Å². The Balaban J connectivity index is 4.29. The maximum absolute atomic E-state index is 11.6. The molecule has 0 aromatic rings. The molecule has 5 N–H and O–H groups in total. The van der Waals surface area contributed by atoms with Gasteiger partial charge in [-0.2, -0.15) is 12.6 Å².